The maximum atomic E-state index is 10.7. The third kappa shape index (κ3) is 3.35. The lowest BCUT2D eigenvalue weighted by Crippen LogP contribution is -3.16. The highest BCUT2D eigenvalue weighted by molar-refractivity contribution is 5.46. The highest BCUT2D eigenvalue weighted by Crippen LogP contribution is 2.30. The van der Waals surface area contributed by atoms with E-state index in [0.29, 0.717) is 6.61 Å². The van der Waals surface area contributed by atoms with E-state index >= 15 is 0 Å². The van der Waals surface area contributed by atoms with Gasteiger partial charge in [-0.1, -0.05) is 12.1 Å². The van der Waals surface area contributed by atoms with Gasteiger partial charge in [-0.15, -0.1) is 0 Å². The molecule has 1 saturated heterocycles. The molecule has 1 fully saturated rings. The molecule has 0 radical (unpaired) electrons. The summed E-state index contributed by atoms with van der Waals surface area (Å²) in [6, 6.07) is 7.79. The summed E-state index contributed by atoms with van der Waals surface area (Å²) in [6.45, 7) is 5.19. The predicted molar refractivity (Wildman–Crippen MR) is 69.6 cm³/mol. The molecule has 1 aromatic rings. The Morgan fingerprint density at radius 1 is 1.25 bits per heavy atom. The zero-order valence-electron chi connectivity index (χ0n) is 11.3. The highest BCUT2D eigenvalue weighted by Gasteiger charge is 2.27. The third-order valence-electron chi connectivity index (χ3n) is 3.74. The van der Waals surface area contributed by atoms with E-state index in [2.05, 4.69) is 0 Å². The van der Waals surface area contributed by atoms with Crippen molar-refractivity contribution in [2.24, 2.45) is 0 Å². The molecule has 0 saturated carbocycles. The van der Waals surface area contributed by atoms with Crippen LogP contribution in [0.1, 0.15) is 0 Å². The summed E-state index contributed by atoms with van der Waals surface area (Å²) in [5.74, 6) is 1.67. The Bertz CT molecular complexity index is 450. The molecule has 2 heterocycles. The normalized spacial score (nSPS) is 22.0. The van der Waals surface area contributed by atoms with Crippen molar-refractivity contribution in [2.75, 3.05) is 39.3 Å². The fourth-order valence-corrected chi connectivity index (χ4v) is 2.64. The van der Waals surface area contributed by atoms with E-state index in [1.165, 1.54) is 4.90 Å². The molecular formula is C14H19ClN2O3. The van der Waals surface area contributed by atoms with E-state index in [9.17, 15) is 4.79 Å². The number of ether oxygens (including phenoxy) is 2. The summed E-state index contributed by atoms with van der Waals surface area (Å²) in [5.41, 5.74) is 0. The van der Waals surface area contributed by atoms with Crippen LogP contribution in [0.5, 0.6) is 11.5 Å². The molecule has 1 atom stereocenters. The average molecular weight is 299 g/mol. The number of nitrogens with zero attached hydrogens (tertiary/aromatic N) is 1. The second kappa shape index (κ2) is 6.81. The standard InChI is InChI=1S/C14H18N2O3.ClH/c17-11-16-7-5-15(6-8-16)9-12-10-18-13-3-1-2-4-14(13)19-12;/h1-4,11-12H,5-10H2;1H. The molecule has 1 aromatic carbocycles. The van der Waals surface area contributed by atoms with Crippen LogP contribution in [0.4, 0.5) is 0 Å². The minimum Gasteiger partial charge on any atom is -1.00 e. The van der Waals surface area contributed by atoms with Gasteiger partial charge in [-0.05, 0) is 12.1 Å². The molecule has 1 N–H and O–H groups in total. The Hall–Kier alpha value is -1.46. The van der Waals surface area contributed by atoms with Crippen molar-refractivity contribution >= 4 is 6.41 Å². The van der Waals surface area contributed by atoms with Crippen molar-refractivity contribution < 1.29 is 31.6 Å². The summed E-state index contributed by atoms with van der Waals surface area (Å²) in [5, 5.41) is 0. The van der Waals surface area contributed by atoms with Crippen LogP contribution < -0.4 is 26.8 Å². The lowest BCUT2D eigenvalue weighted by molar-refractivity contribution is -0.906. The average Bonchev–Trinajstić information content (AvgIpc) is 2.48. The number of amides is 1. The van der Waals surface area contributed by atoms with Gasteiger partial charge in [-0.2, -0.15) is 0 Å². The van der Waals surface area contributed by atoms with Crippen LogP contribution in [0.25, 0.3) is 0 Å². The molecule has 0 aromatic heterocycles. The summed E-state index contributed by atoms with van der Waals surface area (Å²) >= 11 is 0. The monoisotopic (exact) mass is 298 g/mol. The molecule has 3 rings (SSSR count). The molecule has 6 heteroatoms. The van der Waals surface area contributed by atoms with Gasteiger partial charge in [-0.25, -0.2) is 0 Å². The zero-order valence-corrected chi connectivity index (χ0v) is 12.0. The number of carbonyl (C=O) groups excluding carboxylic acids is 1. The summed E-state index contributed by atoms with van der Waals surface area (Å²) in [7, 11) is 0. The van der Waals surface area contributed by atoms with Crippen molar-refractivity contribution in [2.45, 2.75) is 6.10 Å². The maximum Gasteiger partial charge on any atom is 0.210 e. The van der Waals surface area contributed by atoms with Gasteiger partial charge in [0.25, 0.3) is 0 Å². The fraction of sp³-hybridized carbons (Fsp3) is 0.500. The van der Waals surface area contributed by atoms with Crippen molar-refractivity contribution in [1.82, 2.24) is 4.90 Å². The van der Waals surface area contributed by atoms with Crippen molar-refractivity contribution in [3.05, 3.63) is 24.3 Å². The van der Waals surface area contributed by atoms with Crippen molar-refractivity contribution in [1.29, 1.82) is 0 Å². The van der Waals surface area contributed by atoms with Gasteiger partial charge in [0, 0.05) is 0 Å². The first-order valence-corrected chi connectivity index (χ1v) is 6.76. The number of para-hydroxylation sites is 2. The minimum absolute atomic E-state index is 0. The molecule has 110 valence electrons. The van der Waals surface area contributed by atoms with Gasteiger partial charge < -0.3 is 31.7 Å². The quantitative estimate of drug-likeness (QED) is 0.582. The molecule has 0 aliphatic carbocycles. The number of carbonyl (C=O) groups is 1. The number of quaternary nitrogens is 1. The van der Waals surface area contributed by atoms with E-state index in [0.717, 1.165) is 50.6 Å². The van der Waals surface area contributed by atoms with E-state index in [1.54, 1.807) is 0 Å². The van der Waals surface area contributed by atoms with E-state index < -0.39 is 0 Å². The number of fused-ring (bicyclic) bond motifs is 1. The molecule has 1 amide bonds. The smallest absolute Gasteiger partial charge is 0.210 e. The second-order valence-corrected chi connectivity index (χ2v) is 5.09. The van der Waals surface area contributed by atoms with Crippen LogP contribution in [0.2, 0.25) is 0 Å². The number of piperazine rings is 1. The number of hydrogen-bond donors (Lipinski definition) is 1. The summed E-state index contributed by atoms with van der Waals surface area (Å²) < 4.78 is 11.7. The van der Waals surface area contributed by atoms with Crippen LogP contribution in [0.15, 0.2) is 24.3 Å². The minimum atomic E-state index is 0. The van der Waals surface area contributed by atoms with E-state index in [-0.39, 0.29) is 18.5 Å². The van der Waals surface area contributed by atoms with Crippen molar-refractivity contribution in [3.8, 4) is 11.5 Å². The molecule has 1 unspecified atom stereocenters. The zero-order chi connectivity index (χ0) is 13.1. The summed E-state index contributed by atoms with van der Waals surface area (Å²) in [4.78, 5) is 14.0. The SMILES string of the molecule is O=CN1CC[NH+](CC2COc3ccccc3O2)CC1.[Cl-]. The van der Waals surface area contributed by atoms with Crippen LogP contribution >= 0.6 is 0 Å². The molecule has 2 aliphatic heterocycles. The summed E-state index contributed by atoms with van der Waals surface area (Å²) in [6.07, 6.45) is 1.04. The lowest BCUT2D eigenvalue weighted by atomic mass is 10.2. The molecule has 2 aliphatic rings. The Morgan fingerprint density at radius 3 is 2.65 bits per heavy atom. The fourth-order valence-electron chi connectivity index (χ4n) is 2.64. The predicted octanol–water partition coefficient (Wildman–Crippen LogP) is -3.81. The molecule has 20 heavy (non-hydrogen) atoms. The number of rotatable bonds is 3. The molecule has 0 bridgehead atoms. The lowest BCUT2D eigenvalue weighted by Gasteiger charge is -2.33. The van der Waals surface area contributed by atoms with Crippen LogP contribution in [0, 0.1) is 0 Å². The number of hydrogen-bond acceptors (Lipinski definition) is 3. The third-order valence-corrected chi connectivity index (χ3v) is 3.74. The number of halogens is 1. The number of nitrogens with one attached hydrogen (secondary N) is 1. The van der Waals surface area contributed by atoms with E-state index in [4.69, 9.17) is 9.47 Å². The second-order valence-electron chi connectivity index (χ2n) is 5.09. The van der Waals surface area contributed by atoms with Crippen LogP contribution in [0.3, 0.4) is 0 Å². The first-order valence-electron chi connectivity index (χ1n) is 6.76. The topological polar surface area (TPSA) is 43.2 Å². The Morgan fingerprint density at radius 2 is 1.95 bits per heavy atom. The first-order chi connectivity index (χ1) is 9.35. The molecular weight excluding hydrogens is 280 g/mol. The van der Waals surface area contributed by atoms with Gasteiger partial charge in [-0.3, -0.25) is 4.79 Å². The van der Waals surface area contributed by atoms with Gasteiger partial charge >= 0.3 is 0 Å². The molecule has 0 spiro atoms. The molecule has 5 nitrogen and oxygen atoms in total. The van der Waals surface area contributed by atoms with Gasteiger partial charge in [0.15, 0.2) is 17.6 Å². The largest absolute Gasteiger partial charge is 1.00 e. The van der Waals surface area contributed by atoms with Crippen LogP contribution in [-0.4, -0.2) is 56.7 Å². The Labute approximate surface area is 124 Å². The Kier molecular flexibility index (Phi) is 5.09. The van der Waals surface area contributed by atoms with E-state index in [1.807, 2.05) is 29.2 Å². The van der Waals surface area contributed by atoms with Crippen molar-refractivity contribution in [3.63, 3.8) is 0 Å². The van der Waals surface area contributed by atoms with Gasteiger partial charge in [0.05, 0.1) is 26.2 Å². The number of benzene rings is 1. The van der Waals surface area contributed by atoms with Gasteiger partial charge in [0.2, 0.25) is 6.41 Å². The first kappa shape index (κ1) is 14.9. The van der Waals surface area contributed by atoms with Crippen LogP contribution in [-0.2, 0) is 4.79 Å². The van der Waals surface area contributed by atoms with Gasteiger partial charge in [0.1, 0.15) is 13.2 Å². The Balaban J connectivity index is 0.00000147. The maximum absolute atomic E-state index is 10.7. The highest BCUT2D eigenvalue weighted by atomic mass is 35.5.